The molecule has 3 rings (SSSR count). The lowest BCUT2D eigenvalue weighted by atomic mass is 10.1. The normalized spacial score (nSPS) is 11.8. The van der Waals surface area contributed by atoms with Gasteiger partial charge in [-0.2, -0.15) is 0 Å². The van der Waals surface area contributed by atoms with Gasteiger partial charge in [-0.05, 0) is 55.1 Å². The molecule has 0 bridgehead atoms. The molecule has 0 fully saturated rings. The highest BCUT2D eigenvalue weighted by Crippen LogP contribution is 2.19. The molecule has 0 spiro atoms. The Morgan fingerprint density at radius 1 is 1.12 bits per heavy atom. The van der Waals surface area contributed by atoms with Crippen molar-refractivity contribution in [1.82, 2.24) is 9.71 Å². The predicted octanol–water partition coefficient (Wildman–Crippen LogP) is 3.28. The van der Waals surface area contributed by atoms with E-state index < -0.39 is 10.0 Å². The first-order chi connectivity index (χ1) is 11.8. The van der Waals surface area contributed by atoms with Crippen molar-refractivity contribution in [2.45, 2.75) is 25.3 Å². The van der Waals surface area contributed by atoms with Gasteiger partial charge in [0.2, 0.25) is 10.0 Å². The molecule has 7 heteroatoms. The monoisotopic (exact) mass is 376 g/mol. The molecule has 2 N–H and O–H groups in total. The molecule has 0 saturated carbocycles. The van der Waals surface area contributed by atoms with Crippen LogP contribution in [0.15, 0.2) is 52.2 Å². The summed E-state index contributed by atoms with van der Waals surface area (Å²) in [5.74, 6) is 0. The molecule has 1 heterocycles. The highest BCUT2D eigenvalue weighted by atomic mass is 35.5. The fraction of sp³-hybridized carbons (Fsp3) is 0.167. The zero-order valence-electron chi connectivity index (χ0n) is 13.8. The Morgan fingerprint density at radius 2 is 1.88 bits per heavy atom. The quantitative estimate of drug-likeness (QED) is 0.733. The Hall–Kier alpha value is -2.15. The van der Waals surface area contributed by atoms with Gasteiger partial charge in [0.15, 0.2) is 0 Å². The molecule has 0 saturated heterocycles. The van der Waals surface area contributed by atoms with Crippen molar-refractivity contribution in [2.24, 2.45) is 0 Å². The average molecular weight is 377 g/mol. The van der Waals surface area contributed by atoms with Gasteiger partial charge in [-0.25, -0.2) is 13.1 Å². The highest BCUT2D eigenvalue weighted by Gasteiger charge is 2.15. The molecular weight excluding hydrogens is 360 g/mol. The number of hydrogen-bond acceptors (Lipinski definition) is 3. The summed E-state index contributed by atoms with van der Waals surface area (Å²) in [7, 11) is -3.75. The minimum atomic E-state index is -3.75. The first-order valence-electron chi connectivity index (χ1n) is 7.65. The van der Waals surface area contributed by atoms with E-state index in [-0.39, 0.29) is 17.0 Å². The van der Waals surface area contributed by atoms with Gasteiger partial charge < -0.3 is 4.98 Å². The Labute approximate surface area is 150 Å². The van der Waals surface area contributed by atoms with Crippen LogP contribution in [0, 0.1) is 13.8 Å². The second-order valence-electron chi connectivity index (χ2n) is 5.95. The van der Waals surface area contributed by atoms with Crippen molar-refractivity contribution in [2.75, 3.05) is 0 Å². The SMILES string of the molecule is Cc1cc(C)c2[nH]c(=O)c(CNS(=O)(=O)c3cccc(Cl)c3)cc2c1. The van der Waals surface area contributed by atoms with Crippen LogP contribution >= 0.6 is 11.6 Å². The molecule has 2 aromatic carbocycles. The van der Waals surface area contributed by atoms with Crippen molar-refractivity contribution >= 4 is 32.5 Å². The van der Waals surface area contributed by atoms with Crippen LogP contribution in [0.5, 0.6) is 0 Å². The van der Waals surface area contributed by atoms with Crippen molar-refractivity contribution in [3.05, 3.63) is 74.5 Å². The van der Waals surface area contributed by atoms with Crippen LogP contribution < -0.4 is 10.3 Å². The van der Waals surface area contributed by atoms with Gasteiger partial charge in [-0.1, -0.05) is 29.3 Å². The van der Waals surface area contributed by atoms with Crippen molar-refractivity contribution in [1.29, 1.82) is 0 Å². The number of aromatic nitrogens is 1. The number of halogens is 1. The molecule has 0 aliphatic rings. The van der Waals surface area contributed by atoms with Gasteiger partial charge in [0, 0.05) is 17.1 Å². The summed E-state index contributed by atoms with van der Waals surface area (Å²) in [5, 5.41) is 1.20. The fourth-order valence-corrected chi connectivity index (χ4v) is 4.06. The number of pyridine rings is 1. The summed E-state index contributed by atoms with van der Waals surface area (Å²) in [4.78, 5) is 15.2. The summed E-state index contributed by atoms with van der Waals surface area (Å²) in [6, 6.07) is 11.6. The molecule has 0 radical (unpaired) electrons. The standard InChI is InChI=1S/C18H17ClN2O3S/c1-11-6-12(2)17-13(7-11)8-14(18(22)21-17)10-20-25(23,24)16-5-3-4-15(19)9-16/h3-9,20H,10H2,1-2H3,(H,21,22). The summed E-state index contributed by atoms with van der Waals surface area (Å²) in [6.07, 6.45) is 0. The third-order valence-electron chi connectivity index (χ3n) is 3.93. The van der Waals surface area contributed by atoms with E-state index in [1.165, 1.54) is 12.1 Å². The number of benzene rings is 2. The number of aromatic amines is 1. The molecule has 130 valence electrons. The smallest absolute Gasteiger partial charge is 0.252 e. The first kappa shape index (κ1) is 17.7. The summed E-state index contributed by atoms with van der Waals surface area (Å²) in [6.45, 7) is 3.79. The maximum absolute atomic E-state index is 12.4. The van der Waals surface area contributed by atoms with E-state index in [9.17, 15) is 13.2 Å². The Balaban J connectivity index is 1.93. The molecule has 0 unspecified atom stereocenters. The van der Waals surface area contributed by atoms with Gasteiger partial charge in [-0.3, -0.25) is 4.79 Å². The van der Waals surface area contributed by atoms with Crippen LogP contribution in [-0.4, -0.2) is 13.4 Å². The zero-order valence-corrected chi connectivity index (χ0v) is 15.3. The molecule has 0 aliphatic carbocycles. The number of fused-ring (bicyclic) bond motifs is 1. The number of H-pyrrole nitrogens is 1. The summed E-state index contributed by atoms with van der Waals surface area (Å²) >= 11 is 5.84. The molecule has 5 nitrogen and oxygen atoms in total. The predicted molar refractivity (Wildman–Crippen MR) is 99.5 cm³/mol. The molecular formula is C18H17ClN2O3S. The number of aryl methyl sites for hydroxylation is 2. The molecule has 3 aromatic rings. The zero-order chi connectivity index (χ0) is 18.2. The van der Waals surface area contributed by atoms with E-state index >= 15 is 0 Å². The minimum absolute atomic E-state index is 0.0592. The lowest BCUT2D eigenvalue weighted by molar-refractivity contribution is 0.581. The van der Waals surface area contributed by atoms with E-state index in [1.54, 1.807) is 18.2 Å². The Kier molecular flexibility index (Phi) is 4.69. The van der Waals surface area contributed by atoms with Crippen LogP contribution in [0.4, 0.5) is 0 Å². The Bertz CT molecular complexity index is 1120. The second kappa shape index (κ2) is 6.63. The van der Waals surface area contributed by atoms with Crippen LogP contribution in [0.3, 0.4) is 0 Å². The van der Waals surface area contributed by atoms with Crippen LogP contribution in [0.25, 0.3) is 10.9 Å². The maximum Gasteiger partial charge on any atom is 0.252 e. The fourth-order valence-electron chi connectivity index (χ4n) is 2.75. The van der Waals surface area contributed by atoms with E-state index in [4.69, 9.17) is 11.6 Å². The van der Waals surface area contributed by atoms with Crippen LogP contribution in [0.1, 0.15) is 16.7 Å². The molecule has 0 atom stereocenters. The van der Waals surface area contributed by atoms with Crippen molar-refractivity contribution in [3.63, 3.8) is 0 Å². The van der Waals surface area contributed by atoms with Crippen molar-refractivity contribution < 1.29 is 8.42 Å². The van der Waals surface area contributed by atoms with Crippen LogP contribution in [-0.2, 0) is 16.6 Å². The molecule has 25 heavy (non-hydrogen) atoms. The third-order valence-corrected chi connectivity index (χ3v) is 5.56. The van der Waals surface area contributed by atoms with Gasteiger partial charge in [0.05, 0.1) is 10.4 Å². The number of hydrogen-bond donors (Lipinski definition) is 2. The summed E-state index contributed by atoms with van der Waals surface area (Å²) in [5.41, 5.74) is 2.84. The second-order valence-corrected chi connectivity index (χ2v) is 8.16. The molecule has 0 aliphatic heterocycles. The van der Waals surface area contributed by atoms with E-state index in [0.29, 0.717) is 10.6 Å². The van der Waals surface area contributed by atoms with Gasteiger partial charge in [0.25, 0.3) is 5.56 Å². The van der Waals surface area contributed by atoms with Gasteiger partial charge >= 0.3 is 0 Å². The summed E-state index contributed by atoms with van der Waals surface area (Å²) < 4.78 is 27.2. The Morgan fingerprint density at radius 3 is 2.60 bits per heavy atom. The minimum Gasteiger partial charge on any atom is -0.321 e. The third kappa shape index (κ3) is 3.76. The lowest BCUT2D eigenvalue weighted by Gasteiger charge is -2.09. The highest BCUT2D eigenvalue weighted by molar-refractivity contribution is 7.89. The van der Waals surface area contributed by atoms with E-state index in [0.717, 1.165) is 22.0 Å². The van der Waals surface area contributed by atoms with Gasteiger partial charge in [-0.15, -0.1) is 0 Å². The number of rotatable bonds is 4. The largest absolute Gasteiger partial charge is 0.321 e. The van der Waals surface area contributed by atoms with Crippen LogP contribution in [0.2, 0.25) is 5.02 Å². The van der Waals surface area contributed by atoms with E-state index in [1.807, 2.05) is 26.0 Å². The number of nitrogens with one attached hydrogen (secondary N) is 2. The van der Waals surface area contributed by atoms with Gasteiger partial charge in [0.1, 0.15) is 0 Å². The topological polar surface area (TPSA) is 79.0 Å². The molecule has 0 amide bonds. The number of sulfonamides is 1. The maximum atomic E-state index is 12.4. The lowest BCUT2D eigenvalue weighted by Crippen LogP contribution is -2.27. The first-order valence-corrected chi connectivity index (χ1v) is 9.51. The van der Waals surface area contributed by atoms with E-state index in [2.05, 4.69) is 9.71 Å². The average Bonchev–Trinajstić information content (AvgIpc) is 2.54. The molecule has 1 aromatic heterocycles. The van der Waals surface area contributed by atoms with Crippen molar-refractivity contribution in [3.8, 4) is 0 Å².